The Morgan fingerprint density at radius 1 is 0.613 bits per heavy atom. The highest BCUT2D eigenvalue weighted by atomic mass is 19.2. The van der Waals surface area contributed by atoms with Crippen LogP contribution < -0.4 is 0 Å². The lowest BCUT2D eigenvalue weighted by atomic mass is 10.0. The van der Waals surface area contributed by atoms with E-state index in [0.717, 1.165) is 0 Å². The number of pyridine rings is 1. The lowest BCUT2D eigenvalue weighted by Crippen LogP contribution is -2.08. The lowest BCUT2D eigenvalue weighted by molar-refractivity contribution is -0.384. The van der Waals surface area contributed by atoms with Gasteiger partial charge >= 0.3 is 0 Å². The van der Waals surface area contributed by atoms with Crippen molar-refractivity contribution in [1.29, 1.82) is 0 Å². The van der Waals surface area contributed by atoms with Crippen molar-refractivity contribution in [2.45, 2.75) is 0 Å². The van der Waals surface area contributed by atoms with Crippen LogP contribution in [0.3, 0.4) is 0 Å². The summed E-state index contributed by atoms with van der Waals surface area (Å²) in [5.41, 5.74) is -7.62. The van der Waals surface area contributed by atoms with Crippen LogP contribution in [0.2, 0.25) is 0 Å². The zero-order chi connectivity index (χ0) is 23.4. The lowest BCUT2D eigenvalue weighted by Gasteiger charge is -2.11. The van der Waals surface area contributed by atoms with Gasteiger partial charge in [-0.1, -0.05) is 0 Å². The molecule has 1 heterocycles. The number of rotatable bonds is 3. The fourth-order valence-electron chi connectivity index (χ4n) is 2.59. The van der Waals surface area contributed by atoms with Gasteiger partial charge in [0.15, 0.2) is 52.2 Å². The number of benzene rings is 2. The van der Waals surface area contributed by atoms with Crippen LogP contribution in [0.25, 0.3) is 22.4 Å². The average Bonchev–Trinajstić information content (AvgIpc) is 2.74. The molecule has 0 N–H and O–H groups in total. The minimum absolute atomic E-state index is 0.0959. The van der Waals surface area contributed by atoms with Crippen molar-refractivity contribution in [2.75, 3.05) is 0 Å². The van der Waals surface area contributed by atoms with Crippen LogP contribution in [0.5, 0.6) is 0 Å². The molecule has 0 aliphatic heterocycles. The molecule has 0 bridgehead atoms. The molecule has 0 saturated carbocycles. The van der Waals surface area contributed by atoms with Gasteiger partial charge in [0.2, 0.25) is 11.6 Å². The minimum atomic E-state index is -2.57. The van der Waals surface area contributed by atoms with Crippen molar-refractivity contribution in [3.05, 3.63) is 80.5 Å². The highest BCUT2D eigenvalue weighted by Gasteiger charge is 2.33. The maximum atomic E-state index is 14.0. The van der Waals surface area contributed by atoms with Gasteiger partial charge in [-0.15, -0.1) is 0 Å². The summed E-state index contributed by atoms with van der Waals surface area (Å²) in [5, 5.41) is 11.3. The molecule has 0 spiro atoms. The third-order valence-electron chi connectivity index (χ3n) is 4.01. The monoisotopic (exact) mass is 456 g/mol. The SMILES string of the molecule is O=[N+]([O-])c1cc(-c2c(F)c(F)c(F)c(F)c2F)cnc1-c1c(F)c(F)c(F)c(F)c1F. The molecule has 0 amide bonds. The fraction of sp³-hybridized carbons (Fsp3) is 0. The third kappa shape index (κ3) is 3.23. The number of hydrogen-bond donors (Lipinski definition) is 0. The molecule has 14 heteroatoms. The van der Waals surface area contributed by atoms with Crippen molar-refractivity contribution in [3.8, 4) is 22.4 Å². The molecule has 3 aromatic rings. The number of hydrogen-bond acceptors (Lipinski definition) is 3. The molecule has 0 saturated heterocycles. The Labute approximate surface area is 163 Å². The summed E-state index contributed by atoms with van der Waals surface area (Å²) in [6, 6.07) is 0.0959. The van der Waals surface area contributed by atoms with Crippen molar-refractivity contribution in [3.63, 3.8) is 0 Å². The van der Waals surface area contributed by atoms with E-state index in [2.05, 4.69) is 4.98 Å². The predicted molar refractivity (Wildman–Crippen MR) is 81.3 cm³/mol. The number of halogens is 10. The molecule has 1 aromatic heterocycles. The van der Waals surface area contributed by atoms with Crippen LogP contribution in [-0.2, 0) is 0 Å². The van der Waals surface area contributed by atoms with E-state index in [4.69, 9.17) is 0 Å². The Balaban J connectivity index is 2.37. The molecule has 0 radical (unpaired) electrons. The first-order valence-electron chi connectivity index (χ1n) is 7.58. The fourth-order valence-corrected chi connectivity index (χ4v) is 2.59. The molecule has 0 aliphatic carbocycles. The van der Waals surface area contributed by atoms with E-state index in [1.54, 1.807) is 0 Å². The summed E-state index contributed by atoms with van der Waals surface area (Å²) in [6.45, 7) is 0. The highest BCUT2D eigenvalue weighted by Crippen LogP contribution is 2.39. The summed E-state index contributed by atoms with van der Waals surface area (Å²) in [4.78, 5) is 12.9. The van der Waals surface area contributed by atoms with Crippen molar-refractivity contribution in [1.82, 2.24) is 4.98 Å². The van der Waals surface area contributed by atoms with Crippen molar-refractivity contribution in [2.24, 2.45) is 0 Å². The quantitative estimate of drug-likeness (QED) is 0.167. The van der Waals surface area contributed by atoms with Crippen molar-refractivity contribution < 1.29 is 48.8 Å². The zero-order valence-electron chi connectivity index (χ0n) is 14.1. The van der Waals surface area contributed by atoms with Gasteiger partial charge in [-0.25, -0.2) is 48.9 Å². The van der Waals surface area contributed by atoms with Crippen LogP contribution in [0.1, 0.15) is 0 Å². The largest absolute Gasteiger partial charge is 0.296 e. The van der Waals surface area contributed by atoms with Gasteiger partial charge in [-0.3, -0.25) is 10.1 Å². The Bertz CT molecular complexity index is 1220. The normalized spacial score (nSPS) is 11.2. The van der Waals surface area contributed by atoms with Gasteiger partial charge in [0.25, 0.3) is 5.69 Å². The summed E-state index contributed by atoms with van der Waals surface area (Å²) in [5.74, 6) is -24.7. The number of nitro groups is 1. The first kappa shape index (κ1) is 22.0. The number of aromatic nitrogens is 1. The van der Waals surface area contributed by atoms with E-state index in [9.17, 15) is 54.0 Å². The van der Waals surface area contributed by atoms with Crippen LogP contribution in [-0.4, -0.2) is 9.91 Å². The molecular formula is C17H2F10N2O2. The van der Waals surface area contributed by atoms with E-state index < -0.39 is 91.2 Å². The van der Waals surface area contributed by atoms with E-state index in [0.29, 0.717) is 0 Å². The molecule has 0 fully saturated rings. The van der Waals surface area contributed by atoms with E-state index in [1.807, 2.05) is 0 Å². The molecule has 162 valence electrons. The van der Waals surface area contributed by atoms with Crippen LogP contribution in [0.4, 0.5) is 49.6 Å². The Hall–Kier alpha value is -3.71. The Kier molecular flexibility index (Phi) is 5.33. The Morgan fingerprint density at radius 2 is 0.968 bits per heavy atom. The molecule has 0 atom stereocenters. The van der Waals surface area contributed by atoms with E-state index >= 15 is 0 Å². The van der Waals surface area contributed by atoms with Crippen LogP contribution >= 0.6 is 0 Å². The van der Waals surface area contributed by atoms with Gasteiger partial charge in [0, 0.05) is 17.8 Å². The van der Waals surface area contributed by atoms with Gasteiger partial charge in [-0.2, -0.15) is 0 Å². The van der Waals surface area contributed by atoms with Gasteiger partial charge in [0.1, 0.15) is 0 Å². The Morgan fingerprint density at radius 3 is 1.35 bits per heavy atom. The maximum absolute atomic E-state index is 14.0. The maximum Gasteiger partial charge on any atom is 0.296 e. The second kappa shape index (κ2) is 7.52. The van der Waals surface area contributed by atoms with Crippen LogP contribution in [0, 0.1) is 68.3 Å². The summed E-state index contributed by atoms with van der Waals surface area (Å²) in [7, 11) is 0. The van der Waals surface area contributed by atoms with Gasteiger partial charge < -0.3 is 0 Å². The summed E-state index contributed by atoms with van der Waals surface area (Å²) < 4.78 is 136. The molecule has 2 aromatic carbocycles. The summed E-state index contributed by atoms with van der Waals surface area (Å²) >= 11 is 0. The second-order valence-corrected chi connectivity index (χ2v) is 5.74. The molecule has 3 rings (SSSR count). The van der Waals surface area contributed by atoms with Gasteiger partial charge in [-0.05, 0) is 0 Å². The minimum Gasteiger partial charge on any atom is -0.258 e. The first-order chi connectivity index (χ1) is 14.4. The van der Waals surface area contributed by atoms with E-state index in [1.165, 1.54) is 0 Å². The van der Waals surface area contributed by atoms with Crippen LogP contribution in [0.15, 0.2) is 12.3 Å². The average molecular weight is 456 g/mol. The first-order valence-corrected chi connectivity index (χ1v) is 7.58. The molecule has 0 unspecified atom stereocenters. The zero-order valence-corrected chi connectivity index (χ0v) is 14.1. The third-order valence-corrected chi connectivity index (χ3v) is 4.01. The summed E-state index contributed by atoms with van der Waals surface area (Å²) in [6.07, 6.45) is 0.193. The standard InChI is InChI=1S/C17H2F10N2O2/c18-7-5(8(19)12(23)15(26)11(7)22)3-1-4(29(30)31)17(28-2-3)6-9(20)13(24)16(27)14(25)10(6)21/h1-2H. The predicted octanol–water partition coefficient (Wildman–Crippen LogP) is 5.71. The van der Waals surface area contributed by atoms with E-state index in [-0.39, 0.29) is 12.3 Å². The van der Waals surface area contributed by atoms with Gasteiger partial charge in [0.05, 0.1) is 16.1 Å². The highest BCUT2D eigenvalue weighted by molar-refractivity contribution is 5.76. The topological polar surface area (TPSA) is 56.0 Å². The molecule has 31 heavy (non-hydrogen) atoms. The molecule has 0 aliphatic rings. The molecular weight excluding hydrogens is 454 g/mol. The smallest absolute Gasteiger partial charge is 0.258 e. The number of nitrogens with zero attached hydrogens (tertiary/aromatic N) is 2. The second-order valence-electron chi connectivity index (χ2n) is 5.74. The molecule has 4 nitrogen and oxygen atoms in total. The van der Waals surface area contributed by atoms with Crippen molar-refractivity contribution >= 4 is 5.69 Å².